The fourth-order valence-electron chi connectivity index (χ4n) is 1.42. The Morgan fingerprint density at radius 1 is 1.50 bits per heavy atom. The normalized spacial score (nSPS) is 13.6. The number of carbonyl (C=O) groups is 1. The van der Waals surface area contributed by atoms with Gasteiger partial charge < -0.3 is 15.2 Å². The van der Waals surface area contributed by atoms with Crippen molar-refractivity contribution in [3.8, 4) is 0 Å². The topological polar surface area (TPSA) is 58.6 Å². The maximum absolute atomic E-state index is 11.9. The summed E-state index contributed by atoms with van der Waals surface area (Å²) in [4.78, 5) is 13.3. The Morgan fingerprint density at radius 2 is 2.10 bits per heavy atom. The van der Waals surface area contributed by atoms with E-state index in [1.165, 1.54) is 11.8 Å². The Bertz CT molecular complexity index is 438. The van der Waals surface area contributed by atoms with E-state index < -0.39 is 0 Å². The number of allylic oxidation sites excluding steroid dienone is 2. The summed E-state index contributed by atoms with van der Waals surface area (Å²) in [6.45, 7) is 13.2. The van der Waals surface area contributed by atoms with Gasteiger partial charge in [0.05, 0.1) is 12.2 Å². The van der Waals surface area contributed by atoms with Crippen molar-refractivity contribution in [3.05, 3.63) is 46.6 Å². The molecule has 0 saturated heterocycles. The van der Waals surface area contributed by atoms with Crippen LogP contribution in [0.25, 0.3) is 0 Å². The standard InChI is InChI=1S/C15H23NO3S/c1-7-14(11(4)17)20-12(5)10(3)13(9-16-6)15(18)19-8-2/h7,9-10,16-17H,4-5,8H2,1-3,6H3/b13-9+,14-7-. The molecule has 0 aromatic heterocycles. The zero-order valence-electron chi connectivity index (χ0n) is 12.5. The average Bonchev–Trinajstić information content (AvgIpc) is 2.40. The lowest BCUT2D eigenvalue weighted by Crippen LogP contribution is -2.17. The first-order chi connectivity index (χ1) is 9.38. The summed E-state index contributed by atoms with van der Waals surface area (Å²) >= 11 is 1.29. The van der Waals surface area contributed by atoms with Crippen molar-refractivity contribution in [2.24, 2.45) is 5.92 Å². The molecule has 0 radical (unpaired) electrons. The lowest BCUT2D eigenvalue weighted by molar-refractivity contribution is -0.139. The van der Waals surface area contributed by atoms with Gasteiger partial charge in [-0.05, 0) is 18.8 Å². The summed E-state index contributed by atoms with van der Waals surface area (Å²) in [6, 6.07) is 0. The van der Waals surface area contributed by atoms with Gasteiger partial charge in [-0.25, -0.2) is 4.79 Å². The van der Waals surface area contributed by atoms with Crippen molar-refractivity contribution >= 4 is 17.7 Å². The fourth-order valence-corrected chi connectivity index (χ4v) is 2.24. The number of esters is 1. The first-order valence-corrected chi connectivity index (χ1v) is 7.16. The molecule has 0 bridgehead atoms. The van der Waals surface area contributed by atoms with E-state index in [0.29, 0.717) is 17.1 Å². The van der Waals surface area contributed by atoms with Gasteiger partial charge in [0.25, 0.3) is 0 Å². The van der Waals surface area contributed by atoms with Gasteiger partial charge >= 0.3 is 5.97 Å². The number of rotatable bonds is 8. The zero-order valence-corrected chi connectivity index (χ0v) is 13.3. The molecule has 0 aliphatic rings. The number of aliphatic hydroxyl groups is 1. The van der Waals surface area contributed by atoms with E-state index in [0.717, 1.165) is 4.91 Å². The van der Waals surface area contributed by atoms with Crippen LogP contribution in [0.2, 0.25) is 0 Å². The molecule has 1 atom stereocenters. The summed E-state index contributed by atoms with van der Waals surface area (Å²) in [7, 11) is 1.72. The SMILES string of the molecule is C=C(O)/C(=C/C)SC(=C)C(C)/C(=C\NC)C(=O)OCC. The number of ether oxygens (including phenoxy) is 1. The first-order valence-electron chi connectivity index (χ1n) is 6.34. The number of carbonyl (C=O) groups excluding carboxylic acids is 1. The molecule has 0 aliphatic carbocycles. The average molecular weight is 297 g/mol. The van der Waals surface area contributed by atoms with Gasteiger partial charge in [0, 0.05) is 24.1 Å². The molecule has 4 nitrogen and oxygen atoms in total. The highest BCUT2D eigenvalue weighted by atomic mass is 32.2. The number of hydrogen-bond donors (Lipinski definition) is 2. The molecular formula is C15H23NO3S. The van der Waals surface area contributed by atoms with Gasteiger partial charge in [-0.15, -0.1) is 0 Å². The number of hydrogen-bond acceptors (Lipinski definition) is 5. The van der Waals surface area contributed by atoms with Crippen molar-refractivity contribution in [2.45, 2.75) is 20.8 Å². The van der Waals surface area contributed by atoms with Crippen LogP contribution in [0.15, 0.2) is 46.6 Å². The van der Waals surface area contributed by atoms with E-state index >= 15 is 0 Å². The minimum Gasteiger partial charge on any atom is -0.507 e. The van der Waals surface area contributed by atoms with Crippen molar-refractivity contribution in [1.82, 2.24) is 5.32 Å². The summed E-state index contributed by atoms with van der Waals surface area (Å²) in [6.07, 6.45) is 3.36. The second kappa shape index (κ2) is 9.31. The maximum atomic E-state index is 11.9. The van der Waals surface area contributed by atoms with Crippen molar-refractivity contribution in [1.29, 1.82) is 0 Å². The van der Waals surface area contributed by atoms with Crippen LogP contribution in [0.5, 0.6) is 0 Å². The predicted octanol–water partition coefficient (Wildman–Crippen LogP) is 3.51. The molecule has 112 valence electrons. The van der Waals surface area contributed by atoms with E-state index in [4.69, 9.17) is 4.74 Å². The highest BCUT2D eigenvalue weighted by Crippen LogP contribution is 2.35. The monoisotopic (exact) mass is 297 g/mol. The molecule has 0 aliphatic heterocycles. The molecule has 0 fully saturated rings. The van der Waals surface area contributed by atoms with Crippen molar-refractivity contribution in [2.75, 3.05) is 13.7 Å². The van der Waals surface area contributed by atoms with Gasteiger partial charge in [-0.2, -0.15) is 0 Å². The third-order valence-corrected chi connectivity index (χ3v) is 3.86. The van der Waals surface area contributed by atoms with E-state index in [2.05, 4.69) is 18.5 Å². The van der Waals surface area contributed by atoms with Crippen LogP contribution >= 0.6 is 11.8 Å². The Kier molecular flexibility index (Phi) is 8.56. The van der Waals surface area contributed by atoms with Crippen LogP contribution in [-0.2, 0) is 9.53 Å². The molecule has 0 rings (SSSR count). The molecule has 0 aromatic rings. The lowest BCUT2D eigenvalue weighted by atomic mass is 10.0. The summed E-state index contributed by atoms with van der Waals surface area (Å²) in [5.41, 5.74) is 0.492. The largest absolute Gasteiger partial charge is 0.507 e. The second-order valence-electron chi connectivity index (χ2n) is 4.00. The maximum Gasteiger partial charge on any atom is 0.336 e. The van der Waals surface area contributed by atoms with Gasteiger partial charge in [0.15, 0.2) is 0 Å². The molecule has 0 spiro atoms. The van der Waals surface area contributed by atoms with E-state index in [9.17, 15) is 9.90 Å². The van der Waals surface area contributed by atoms with Gasteiger partial charge in [0.1, 0.15) is 5.76 Å². The third kappa shape index (κ3) is 5.57. The van der Waals surface area contributed by atoms with Crippen LogP contribution in [-0.4, -0.2) is 24.7 Å². The Balaban J connectivity index is 5.04. The highest BCUT2D eigenvalue weighted by molar-refractivity contribution is 8.06. The summed E-state index contributed by atoms with van der Waals surface area (Å²) < 4.78 is 5.03. The quantitative estimate of drug-likeness (QED) is 0.311. The third-order valence-electron chi connectivity index (χ3n) is 2.55. The number of thioether (sulfide) groups is 1. The highest BCUT2D eigenvalue weighted by Gasteiger charge is 2.22. The van der Waals surface area contributed by atoms with Gasteiger partial charge in [0.2, 0.25) is 0 Å². The minimum absolute atomic E-state index is 0.0128. The molecule has 0 saturated carbocycles. The summed E-state index contributed by atoms with van der Waals surface area (Å²) in [5.74, 6) is -0.608. The van der Waals surface area contributed by atoms with E-state index in [1.807, 2.05) is 6.92 Å². The molecule has 1 unspecified atom stereocenters. The molecule has 0 aromatic carbocycles. The smallest absolute Gasteiger partial charge is 0.336 e. The van der Waals surface area contributed by atoms with Crippen LogP contribution in [0.3, 0.4) is 0 Å². The molecule has 0 heterocycles. The Hall–Kier alpha value is -1.62. The van der Waals surface area contributed by atoms with Crippen LogP contribution in [0.1, 0.15) is 20.8 Å². The van der Waals surface area contributed by atoms with Crippen LogP contribution in [0, 0.1) is 5.92 Å². The number of nitrogens with one attached hydrogen (secondary N) is 1. The van der Waals surface area contributed by atoms with E-state index in [1.54, 1.807) is 33.2 Å². The zero-order chi connectivity index (χ0) is 15.7. The van der Waals surface area contributed by atoms with E-state index in [-0.39, 0.29) is 17.6 Å². The minimum atomic E-state index is -0.374. The number of aliphatic hydroxyl groups excluding tert-OH is 1. The molecule has 20 heavy (non-hydrogen) atoms. The van der Waals surface area contributed by atoms with Crippen molar-refractivity contribution in [3.63, 3.8) is 0 Å². The van der Waals surface area contributed by atoms with Crippen LogP contribution in [0.4, 0.5) is 0 Å². The summed E-state index contributed by atoms with van der Waals surface area (Å²) in [5, 5.41) is 12.3. The van der Waals surface area contributed by atoms with Crippen molar-refractivity contribution < 1.29 is 14.6 Å². The first kappa shape index (κ1) is 18.4. The molecular weight excluding hydrogens is 274 g/mol. The molecule has 5 heteroatoms. The molecule has 0 amide bonds. The van der Waals surface area contributed by atoms with Gasteiger partial charge in [-0.1, -0.05) is 37.9 Å². The van der Waals surface area contributed by atoms with Crippen LogP contribution < -0.4 is 5.32 Å². The molecule has 2 N–H and O–H groups in total. The Morgan fingerprint density at radius 3 is 2.50 bits per heavy atom. The Labute approximate surface area is 125 Å². The predicted molar refractivity (Wildman–Crippen MR) is 85.2 cm³/mol. The lowest BCUT2D eigenvalue weighted by Gasteiger charge is -2.18. The van der Waals surface area contributed by atoms with Gasteiger partial charge in [-0.3, -0.25) is 0 Å². The fraction of sp³-hybridized carbons (Fsp3) is 0.400. The second-order valence-corrected chi connectivity index (χ2v) is 5.17.